The minimum atomic E-state index is 0.419. The highest BCUT2D eigenvalue weighted by Crippen LogP contribution is 2.26. The highest BCUT2D eigenvalue weighted by Gasteiger charge is 2.24. The van der Waals surface area contributed by atoms with Crippen LogP contribution in [0.5, 0.6) is 0 Å². The Kier molecular flexibility index (Phi) is 5.43. The number of methoxy groups -OCH3 is 1. The third-order valence-corrected chi connectivity index (χ3v) is 4.12. The molecule has 0 spiro atoms. The van der Waals surface area contributed by atoms with Crippen molar-refractivity contribution >= 4 is 5.82 Å². The van der Waals surface area contributed by atoms with E-state index in [0.717, 1.165) is 51.1 Å². The van der Waals surface area contributed by atoms with Crippen LogP contribution in [0.3, 0.4) is 0 Å². The second kappa shape index (κ2) is 7.09. The molecule has 20 heavy (non-hydrogen) atoms. The van der Waals surface area contributed by atoms with Gasteiger partial charge in [-0.05, 0) is 32.7 Å². The first-order valence-electron chi connectivity index (χ1n) is 7.68. The highest BCUT2D eigenvalue weighted by atomic mass is 16.5. The fourth-order valence-electron chi connectivity index (χ4n) is 2.99. The molecule has 1 aromatic heterocycles. The molecule has 2 heterocycles. The van der Waals surface area contributed by atoms with Crippen molar-refractivity contribution in [3.8, 4) is 0 Å². The normalized spacial score (nSPS) is 16.9. The average Bonchev–Trinajstić information content (AvgIpc) is 2.74. The second-order valence-corrected chi connectivity index (χ2v) is 5.61. The lowest BCUT2D eigenvalue weighted by Gasteiger charge is -2.33. The Morgan fingerprint density at radius 1 is 1.35 bits per heavy atom. The summed E-state index contributed by atoms with van der Waals surface area (Å²) in [5, 5.41) is 8.11. The third kappa shape index (κ3) is 3.33. The summed E-state index contributed by atoms with van der Waals surface area (Å²) in [6.45, 7) is 8.37. The zero-order valence-electron chi connectivity index (χ0n) is 13.3. The molecule has 0 unspecified atom stereocenters. The molecule has 0 saturated carbocycles. The molecule has 1 fully saturated rings. The maximum atomic E-state index is 5.46. The molecule has 0 amide bonds. The van der Waals surface area contributed by atoms with Crippen molar-refractivity contribution in [3.63, 3.8) is 0 Å². The molecule has 1 aliphatic heterocycles. The van der Waals surface area contributed by atoms with Gasteiger partial charge in [0.05, 0.1) is 11.8 Å². The van der Waals surface area contributed by atoms with Crippen molar-refractivity contribution in [1.29, 1.82) is 0 Å². The monoisotopic (exact) mass is 280 g/mol. The molecule has 1 N–H and O–H groups in total. The van der Waals surface area contributed by atoms with Crippen LogP contribution in [0.4, 0.5) is 5.82 Å². The van der Waals surface area contributed by atoms with Crippen LogP contribution >= 0.6 is 0 Å². The Morgan fingerprint density at radius 2 is 2.05 bits per heavy atom. The summed E-state index contributed by atoms with van der Waals surface area (Å²) < 4.78 is 7.49. The van der Waals surface area contributed by atoms with Crippen LogP contribution in [-0.4, -0.2) is 42.6 Å². The number of nitrogens with zero attached hydrogens (tertiary/aromatic N) is 3. The van der Waals surface area contributed by atoms with Gasteiger partial charge < -0.3 is 15.0 Å². The fourth-order valence-corrected chi connectivity index (χ4v) is 2.99. The second-order valence-electron chi connectivity index (χ2n) is 5.61. The van der Waals surface area contributed by atoms with E-state index >= 15 is 0 Å². The van der Waals surface area contributed by atoms with Gasteiger partial charge in [-0.3, -0.25) is 4.68 Å². The van der Waals surface area contributed by atoms with Crippen LogP contribution < -0.4 is 10.2 Å². The molecule has 114 valence electrons. The molecule has 0 atom stereocenters. The molecular formula is C15H28N4O. The van der Waals surface area contributed by atoms with Gasteiger partial charge in [0.25, 0.3) is 0 Å². The Balaban J connectivity index is 2.10. The first-order valence-corrected chi connectivity index (χ1v) is 7.68. The summed E-state index contributed by atoms with van der Waals surface area (Å²) in [6, 6.07) is 0. The van der Waals surface area contributed by atoms with E-state index in [4.69, 9.17) is 4.74 Å². The number of aryl methyl sites for hydroxylation is 2. The number of hydrogen-bond acceptors (Lipinski definition) is 4. The van der Waals surface area contributed by atoms with E-state index < -0.39 is 0 Å². The number of rotatable bonds is 6. The standard InChI is InChI=1S/C15H28N4O/c1-5-8-16-11-14-12(2)17-18(3)15(14)19-9-6-13(20-4)7-10-19/h13,16H,5-11H2,1-4H3. The molecule has 1 aromatic rings. The third-order valence-electron chi connectivity index (χ3n) is 4.12. The van der Waals surface area contributed by atoms with Crippen molar-refractivity contribution in [2.75, 3.05) is 31.6 Å². The van der Waals surface area contributed by atoms with Gasteiger partial charge in [0.1, 0.15) is 5.82 Å². The van der Waals surface area contributed by atoms with Gasteiger partial charge in [0.15, 0.2) is 0 Å². The Morgan fingerprint density at radius 3 is 2.65 bits per heavy atom. The van der Waals surface area contributed by atoms with Crippen LogP contribution in [0.15, 0.2) is 0 Å². The minimum absolute atomic E-state index is 0.419. The lowest BCUT2D eigenvalue weighted by molar-refractivity contribution is 0.0816. The quantitative estimate of drug-likeness (QED) is 0.808. The maximum absolute atomic E-state index is 5.46. The van der Waals surface area contributed by atoms with Crippen LogP contribution in [0.25, 0.3) is 0 Å². The molecular weight excluding hydrogens is 252 g/mol. The van der Waals surface area contributed by atoms with Crippen LogP contribution in [0.1, 0.15) is 37.4 Å². The van der Waals surface area contributed by atoms with E-state index in [2.05, 4.69) is 29.2 Å². The largest absolute Gasteiger partial charge is 0.381 e. The first-order chi connectivity index (χ1) is 9.67. The summed E-state index contributed by atoms with van der Waals surface area (Å²) in [7, 11) is 3.86. The van der Waals surface area contributed by atoms with Gasteiger partial charge in [0, 0.05) is 39.4 Å². The molecule has 5 heteroatoms. The predicted octanol–water partition coefficient (Wildman–Crippen LogP) is 1.84. The number of piperidine rings is 1. The van der Waals surface area contributed by atoms with Crippen molar-refractivity contribution in [1.82, 2.24) is 15.1 Å². The van der Waals surface area contributed by atoms with Gasteiger partial charge in [-0.15, -0.1) is 0 Å². The summed E-state index contributed by atoms with van der Waals surface area (Å²) in [4.78, 5) is 2.46. The summed E-state index contributed by atoms with van der Waals surface area (Å²) >= 11 is 0. The number of hydrogen-bond donors (Lipinski definition) is 1. The number of ether oxygens (including phenoxy) is 1. The van der Waals surface area contributed by atoms with Crippen LogP contribution in [0, 0.1) is 6.92 Å². The van der Waals surface area contributed by atoms with E-state index in [1.165, 1.54) is 11.4 Å². The predicted molar refractivity (Wildman–Crippen MR) is 82.2 cm³/mol. The maximum Gasteiger partial charge on any atom is 0.131 e. The van der Waals surface area contributed by atoms with E-state index in [-0.39, 0.29) is 0 Å². The first kappa shape index (κ1) is 15.3. The van der Waals surface area contributed by atoms with Gasteiger partial charge >= 0.3 is 0 Å². The summed E-state index contributed by atoms with van der Waals surface area (Å²) in [5.41, 5.74) is 2.48. The van der Waals surface area contributed by atoms with E-state index in [1.54, 1.807) is 0 Å². The lowest BCUT2D eigenvalue weighted by atomic mass is 10.1. The van der Waals surface area contributed by atoms with Crippen molar-refractivity contribution in [3.05, 3.63) is 11.3 Å². The molecule has 0 aromatic carbocycles. The van der Waals surface area contributed by atoms with Gasteiger partial charge in [0.2, 0.25) is 0 Å². The molecule has 0 aliphatic carbocycles. The average molecular weight is 280 g/mol. The lowest BCUT2D eigenvalue weighted by Crippen LogP contribution is -2.38. The summed E-state index contributed by atoms with van der Waals surface area (Å²) in [6.07, 6.45) is 3.78. The molecule has 2 rings (SSSR count). The zero-order chi connectivity index (χ0) is 14.5. The van der Waals surface area contributed by atoms with Gasteiger partial charge in [-0.25, -0.2) is 0 Å². The SMILES string of the molecule is CCCNCc1c(C)nn(C)c1N1CCC(OC)CC1. The molecule has 0 radical (unpaired) electrons. The fraction of sp³-hybridized carbons (Fsp3) is 0.800. The van der Waals surface area contributed by atoms with E-state index in [9.17, 15) is 0 Å². The van der Waals surface area contributed by atoms with Crippen LogP contribution in [0.2, 0.25) is 0 Å². The smallest absolute Gasteiger partial charge is 0.131 e. The minimum Gasteiger partial charge on any atom is -0.381 e. The highest BCUT2D eigenvalue weighted by molar-refractivity contribution is 5.50. The molecule has 0 bridgehead atoms. The Labute approximate surface area is 122 Å². The molecule has 1 saturated heterocycles. The molecule has 1 aliphatic rings. The summed E-state index contributed by atoms with van der Waals surface area (Å²) in [5.74, 6) is 1.28. The van der Waals surface area contributed by atoms with Crippen molar-refractivity contribution in [2.45, 2.75) is 45.8 Å². The van der Waals surface area contributed by atoms with E-state index in [1.807, 2.05) is 18.8 Å². The van der Waals surface area contributed by atoms with Gasteiger partial charge in [-0.1, -0.05) is 6.92 Å². The Bertz CT molecular complexity index is 422. The number of aromatic nitrogens is 2. The van der Waals surface area contributed by atoms with E-state index in [0.29, 0.717) is 6.10 Å². The number of anilines is 1. The zero-order valence-corrected chi connectivity index (χ0v) is 13.3. The Hall–Kier alpha value is -1.07. The van der Waals surface area contributed by atoms with Crippen LogP contribution in [-0.2, 0) is 18.3 Å². The van der Waals surface area contributed by atoms with Crippen molar-refractivity contribution < 1.29 is 4.74 Å². The topological polar surface area (TPSA) is 42.3 Å². The van der Waals surface area contributed by atoms with Gasteiger partial charge in [-0.2, -0.15) is 5.10 Å². The molecule has 5 nitrogen and oxygen atoms in total. The van der Waals surface area contributed by atoms with Crippen molar-refractivity contribution in [2.24, 2.45) is 7.05 Å². The number of nitrogens with one attached hydrogen (secondary N) is 1.